The molecule has 1 radical (unpaired) electrons. The van der Waals surface area contributed by atoms with Crippen molar-refractivity contribution in [2.75, 3.05) is 5.75 Å². The van der Waals surface area contributed by atoms with Crippen LogP contribution in [0.15, 0.2) is 24.4 Å². The lowest BCUT2D eigenvalue weighted by molar-refractivity contribution is 1.05. The number of aromatic nitrogens is 1. The molecule has 0 unspecified atom stereocenters. The monoisotopic (exact) mass is 180 g/mol. The van der Waals surface area contributed by atoms with Crippen LogP contribution in [-0.4, -0.2) is 10.7 Å². The largest absolute Gasteiger partial charge is 0.261 e. The molecule has 1 nitrogen and oxygen atoms in total. The topological polar surface area (TPSA) is 12.9 Å². The highest BCUT2D eigenvalue weighted by Crippen LogP contribution is 2.09. The Bertz CT molecular complexity index is 198. The van der Waals surface area contributed by atoms with E-state index in [0.717, 1.165) is 18.6 Å². The highest BCUT2D eigenvalue weighted by molar-refractivity contribution is 8.01. The summed E-state index contributed by atoms with van der Waals surface area (Å²) in [6.07, 6.45) is 4.07. The second-order valence-corrected chi connectivity index (χ2v) is 3.59. The SMILES string of the molecule is CC[CH]SCCc1ccccn1. The second kappa shape index (κ2) is 6.06. The van der Waals surface area contributed by atoms with Gasteiger partial charge in [-0.25, -0.2) is 0 Å². The van der Waals surface area contributed by atoms with Gasteiger partial charge in [-0.1, -0.05) is 13.0 Å². The third-order valence-electron chi connectivity index (χ3n) is 1.49. The first kappa shape index (κ1) is 9.59. The van der Waals surface area contributed by atoms with E-state index in [9.17, 15) is 0 Å². The lowest BCUT2D eigenvalue weighted by atomic mass is 10.3. The van der Waals surface area contributed by atoms with Crippen molar-refractivity contribution in [3.8, 4) is 0 Å². The predicted octanol–water partition coefficient (Wildman–Crippen LogP) is 2.93. The molecule has 0 aliphatic rings. The van der Waals surface area contributed by atoms with Gasteiger partial charge in [0.05, 0.1) is 0 Å². The zero-order valence-electron chi connectivity index (χ0n) is 7.36. The minimum Gasteiger partial charge on any atom is -0.261 e. The Labute approximate surface area is 78.6 Å². The van der Waals surface area contributed by atoms with Gasteiger partial charge in [0, 0.05) is 17.6 Å². The van der Waals surface area contributed by atoms with E-state index in [2.05, 4.69) is 23.7 Å². The third-order valence-corrected chi connectivity index (χ3v) is 2.50. The molecule has 0 spiro atoms. The first-order valence-corrected chi connectivity index (χ1v) is 5.31. The molecular weight excluding hydrogens is 166 g/mol. The Morgan fingerprint density at radius 2 is 2.42 bits per heavy atom. The zero-order chi connectivity index (χ0) is 8.65. The quantitative estimate of drug-likeness (QED) is 0.646. The lowest BCUT2D eigenvalue weighted by Crippen LogP contribution is -1.90. The van der Waals surface area contributed by atoms with Gasteiger partial charge in [0.15, 0.2) is 0 Å². The third kappa shape index (κ3) is 3.77. The van der Waals surface area contributed by atoms with E-state index in [0.29, 0.717) is 0 Å². The fraction of sp³-hybridized carbons (Fsp3) is 0.400. The summed E-state index contributed by atoms with van der Waals surface area (Å²) in [4.78, 5) is 4.25. The molecule has 1 rings (SSSR count). The summed E-state index contributed by atoms with van der Waals surface area (Å²) in [7, 11) is 0. The maximum atomic E-state index is 4.25. The van der Waals surface area contributed by atoms with Crippen LogP contribution in [0.1, 0.15) is 19.0 Å². The summed E-state index contributed by atoms with van der Waals surface area (Å²) in [6.45, 7) is 2.16. The minimum atomic E-state index is 1.07. The van der Waals surface area contributed by atoms with E-state index in [1.165, 1.54) is 5.69 Å². The van der Waals surface area contributed by atoms with Crippen LogP contribution in [0.5, 0.6) is 0 Å². The summed E-state index contributed by atoms with van der Waals surface area (Å²) < 4.78 is 0. The number of hydrogen-bond donors (Lipinski definition) is 0. The van der Waals surface area contributed by atoms with Gasteiger partial charge in [-0.3, -0.25) is 4.98 Å². The zero-order valence-corrected chi connectivity index (χ0v) is 8.18. The van der Waals surface area contributed by atoms with E-state index in [-0.39, 0.29) is 0 Å². The summed E-state index contributed by atoms with van der Waals surface area (Å²) in [5.41, 5.74) is 1.19. The van der Waals surface area contributed by atoms with Gasteiger partial charge >= 0.3 is 0 Å². The summed E-state index contributed by atoms with van der Waals surface area (Å²) in [6, 6.07) is 6.07. The number of pyridine rings is 1. The average molecular weight is 180 g/mol. The molecule has 0 N–H and O–H groups in total. The molecule has 0 bridgehead atoms. The van der Waals surface area contributed by atoms with Crippen LogP contribution in [0.3, 0.4) is 0 Å². The molecule has 0 fully saturated rings. The minimum absolute atomic E-state index is 1.07. The maximum absolute atomic E-state index is 4.25. The standard InChI is InChI=1S/C10H14NS/c1-2-8-12-9-6-10-5-3-4-7-11-10/h3-5,7-8H,2,6,9H2,1H3. The van der Waals surface area contributed by atoms with Gasteiger partial charge in [0.1, 0.15) is 0 Å². The molecule has 1 aromatic heterocycles. The lowest BCUT2D eigenvalue weighted by Gasteiger charge is -1.98. The van der Waals surface area contributed by atoms with Crippen LogP contribution in [0.4, 0.5) is 0 Å². The van der Waals surface area contributed by atoms with Crippen LogP contribution in [0.2, 0.25) is 0 Å². The molecule has 0 amide bonds. The van der Waals surface area contributed by atoms with E-state index >= 15 is 0 Å². The van der Waals surface area contributed by atoms with Gasteiger partial charge in [0.2, 0.25) is 0 Å². The van der Waals surface area contributed by atoms with Crippen molar-refractivity contribution in [2.45, 2.75) is 19.8 Å². The highest BCUT2D eigenvalue weighted by Gasteiger charge is 1.92. The van der Waals surface area contributed by atoms with Crippen molar-refractivity contribution >= 4 is 11.8 Å². The Kier molecular flexibility index (Phi) is 4.85. The average Bonchev–Trinajstić information content (AvgIpc) is 2.14. The fourth-order valence-electron chi connectivity index (χ4n) is 0.911. The van der Waals surface area contributed by atoms with Crippen molar-refractivity contribution in [1.29, 1.82) is 0 Å². The molecule has 0 saturated heterocycles. The normalized spacial score (nSPS) is 10.1. The van der Waals surface area contributed by atoms with Crippen molar-refractivity contribution in [2.24, 2.45) is 0 Å². The summed E-state index contributed by atoms with van der Waals surface area (Å²) >= 11 is 1.88. The van der Waals surface area contributed by atoms with Crippen molar-refractivity contribution in [3.05, 3.63) is 35.8 Å². The molecular formula is C10H14NS. The van der Waals surface area contributed by atoms with E-state index in [1.54, 1.807) is 0 Å². The summed E-state index contributed by atoms with van der Waals surface area (Å²) in [5, 5.41) is 0. The van der Waals surface area contributed by atoms with E-state index in [1.807, 2.05) is 30.1 Å². The Balaban J connectivity index is 2.16. The van der Waals surface area contributed by atoms with Crippen LogP contribution < -0.4 is 0 Å². The molecule has 0 saturated carbocycles. The maximum Gasteiger partial charge on any atom is 0.0411 e. The van der Waals surface area contributed by atoms with Gasteiger partial charge < -0.3 is 0 Å². The Hall–Kier alpha value is -0.500. The number of rotatable bonds is 5. The number of aryl methyl sites for hydroxylation is 1. The molecule has 2 heteroatoms. The highest BCUT2D eigenvalue weighted by atomic mass is 32.2. The molecule has 1 heterocycles. The molecule has 1 aromatic rings. The molecule has 12 heavy (non-hydrogen) atoms. The van der Waals surface area contributed by atoms with E-state index in [4.69, 9.17) is 0 Å². The van der Waals surface area contributed by atoms with E-state index < -0.39 is 0 Å². The van der Waals surface area contributed by atoms with Gasteiger partial charge in [-0.2, -0.15) is 11.8 Å². The molecule has 65 valence electrons. The number of thioether (sulfide) groups is 1. The Morgan fingerprint density at radius 1 is 1.50 bits per heavy atom. The van der Waals surface area contributed by atoms with Gasteiger partial charge in [-0.05, 0) is 30.7 Å². The van der Waals surface area contributed by atoms with Crippen molar-refractivity contribution in [1.82, 2.24) is 4.98 Å². The van der Waals surface area contributed by atoms with Crippen molar-refractivity contribution in [3.63, 3.8) is 0 Å². The first-order valence-electron chi connectivity index (χ1n) is 4.26. The first-order chi connectivity index (χ1) is 5.93. The van der Waals surface area contributed by atoms with Crippen LogP contribution in [0.25, 0.3) is 0 Å². The predicted molar refractivity (Wildman–Crippen MR) is 55.0 cm³/mol. The van der Waals surface area contributed by atoms with Crippen LogP contribution in [0, 0.1) is 5.75 Å². The Morgan fingerprint density at radius 3 is 3.08 bits per heavy atom. The molecule has 0 aromatic carbocycles. The number of hydrogen-bond acceptors (Lipinski definition) is 2. The molecule has 0 aliphatic heterocycles. The molecule has 0 atom stereocenters. The second-order valence-electron chi connectivity index (χ2n) is 2.52. The van der Waals surface area contributed by atoms with Gasteiger partial charge in [0.25, 0.3) is 0 Å². The van der Waals surface area contributed by atoms with Gasteiger partial charge in [-0.15, -0.1) is 0 Å². The smallest absolute Gasteiger partial charge is 0.0411 e. The molecule has 0 aliphatic carbocycles. The number of nitrogens with zero attached hydrogens (tertiary/aromatic N) is 1. The fourth-order valence-corrected chi connectivity index (χ4v) is 1.64. The van der Waals surface area contributed by atoms with Crippen LogP contribution in [-0.2, 0) is 6.42 Å². The summed E-state index contributed by atoms with van der Waals surface area (Å²) in [5.74, 6) is 3.38. The van der Waals surface area contributed by atoms with Crippen molar-refractivity contribution < 1.29 is 0 Å². The van der Waals surface area contributed by atoms with Crippen LogP contribution >= 0.6 is 11.8 Å².